The molecule has 24 heavy (non-hydrogen) atoms. The second-order valence-electron chi connectivity index (χ2n) is 5.32. The smallest absolute Gasteiger partial charge is 0.148 e. The molecule has 0 unspecified atom stereocenters. The first kappa shape index (κ1) is 15.9. The van der Waals surface area contributed by atoms with Crippen molar-refractivity contribution in [2.45, 2.75) is 6.92 Å². The zero-order valence-electron chi connectivity index (χ0n) is 13.7. The second kappa shape index (κ2) is 6.23. The number of para-hydroxylation sites is 1. The number of hydrogen-bond acceptors (Lipinski definition) is 4. The molecule has 0 fully saturated rings. The van der Waals surface area contributed by atoms with Crippen molar-refractivity contribution >= 4 is 5.69 Å². The first-order valence-corrected chi connectivity index (χ1v) is 7.38. The molecule has 0 spiro atoms. The number of hydrogen-bond donors (Lipinski definition) is 1. The van der Waals surface area contributed by atoms with Crippen LogP contribution >= 0.6 is 0 Å². The molecule has 0 saturated heterocycles. The first-order chi connectivity index (χ1) is 11.5. The molecule has 1 aromatic heterocycles. The van der Waals surface area contributed by atoms with Gasteiger partial charge in [-0.2, -0.15) is 0 Å². The van der Waals surface area contributed by atoms with Crippen molar-refractivity contribution in [1.29, 1.82) is 0 Å². The topological polar surface area (TPSA) is 62.3 Å². The van der Waals surface area contributed by atoms with Gasteiger partial charge in [-0.3, -0.25) is 4.57 Å². The summed E-state index contributed by atoms with van der Waals surface area (Å²) >= 11 is 0. The molecule has 2 aromatic carbocycles. The minimum Gasteiger partial charge on any atom is -0.496 e. The molecule has 6 heteroatoms. The normalized spacial score (nSPS) is 10.7. The molecule has 0 saturated carbocycles. The Bertz CT molecular complexity index is 890. The summed E-state index contributed by atoms with van der Waals surface area (Å²) in [6.07, 6.45) is 1.80. The fourth-order valence-electron chi connectivity index (χ4n) is 2.65. The van der Waals surface area contributed by atoms with Crippen molar-refractivity contribution in [1.82, 2.24) is 9.55 Å². The van der Waals surface area contributed by atoms with Crippen LogP contribution in [0.1, 0.15) is 5.69 Å². The van der Waals surface area contributed by atoms with E-state index >= 15 is 0 Å². The quantitative estimate of drug-likeness (QED) is 0.744. The number of nitrogens with zero attached hydrogens (tertiary/aromatic N) is 2. The van der Waals surface area contributed by atoms with E-state index in [4.69, 9.17) is 15.2 Å². The lowest BCUT2D eigenvalue weighted by molar-refractivity contribution is 0.413. The highest BCUT2D eigenvalue weighted by atomic mass is 19.1. The largest absolute Gasteiger partial charge is 0.496 e. The number of methoxy groups -OCH3 is 2. The van der Waals surface area contributed by atoms with Gasteiger partial charge >= 0.3 is 0 Å². The Morgan fingerprint density at radius 3 is 2.50 bits per heavy atom. The van der Waals surface area contributed by atoms with E-state index in [-0.39, 0.29) is 5.75 Å². The van der Waals surface area contributed by atoms with Gasteiger partial charge in [-0.25, -0.2) is 9.37 Å². The molecule has 124 valence electrons. The van der Waals surface area contributed by atoms with Crippen molar-refractivity contribution in [2.75, 3.05) is 20.0 Å². The zero-order valence-corrected chi connectivity index (χ0v) is 13.7. The summed E-state index contributed by atoms with van der Waals surface area (Å²) in [6, 6.07) is 10.1. The van der Waals surface area contributed by atoms with E-state index in [2.05, 4.69) is 4.98 Å². The Hall–Kier alpha value is -3.02. The lowest BCUT2D eigenvalue weighted by Crippen LogP contribution is -2.04. The predicted molar refractivity (Wildman–Crippen MR) is 91.2 cm³/mol. The van der Waals surface area contributed by atoms with Crippen LogP contribution in [0.3, 0.4) is 0 Å². The van der Waals surface area contributed by atoms with Crippen LogP contribution in [0, 0.1) is 12.7 Å². The van der Waals surface area contributed by atoms with E-state index in [0.29, 0.717) is 22.9 Å². The molecular formula is C18H18FN3O2. The number of halogens is 1. The fourth-order valence-corrected chi connectivity index (χ4v) is 2.65. The van der Waals surface area contributed by atoms with Crippen LogP contribution in [-0.4, -0.2) is 23.8 Å². The van der Waals surface area contributed by atoms with Crippen LogP contribution in [0.4, 0.5) is 10.1 Å². The summed E-state index contributed by atoms with van der Waals surface area (Å²) < 4.78 is 26.3. The van der Waals surface area contributed by atoms with Crippen molar-refractivity contribution in [3.05, 3.63) is 54.1 Å². The molecule has 0 aliphatic rings. The third-order valence-electron chi connectivity index (χ3n) is 3.74. The second-order valence-corrected chi connectivity index (χ2v) is 5.32. The van der Waals surface area contributed by atoms with E-state index in [1.54, 1.807) is 17.9 Å². The first-order valence-electron chi connectivity index (χ1n) is 7.38. The molecule has 0 aliphatic heterocycles. The number of nitrogens with two attached hydrogens (primary N) is 1. The molecule has 0 amide bonds. The molecule has 3 aromatic rings. The summed E-state index contributed by atoms with van der Waals surface area (Å²) in [5.74, 6) is 1.13. The van der Waals surface area contributed by atoms with Crippen LogP contribution in [0.5, 0.6) is 11.5 Å². The Kier molecular flexibility index (Phi) is 4.12. The maximum Gasteiger partial charge on any atom is 0.148 e. The van der Waals surface area contributed by atoms with Crippen LogP contribution in [0.2, 0.25) is 0 Å². The van der Waals surface area contributed by atoms with Gasteiger partial charge in [0, 0.05) is 18.3 Å². The third-order valence-corrected chi connectivity index (χ3v) is 3.74. The van der Waals surface area contributed by atoms with E-state index in [9.17, 15) is 4.39 Å². The lowest BCUT2D eigenvalue weighted by atomic mass is 10.1. The average Bonchev–Trinajstić information content (AvgIpc) is 2.97. The number of benzene rings is 2. The maximum absolute atomic E-state index is 14.0. The van der Waals surface area contributed by atoms with E-state index in [1.807, 2.05) is 31.2 Å². The van der Waals surface area contributed by atoms with Gasteiger partial charge in [0.05, 0.1) is 36.9 Å². The standard InChI is InChI=1S/C18H18FN3O2/c1-11-10-22(14-8-12(19)9-16(24-3)17(14)20)18(21-11)13-6-4-5-7-15(13)23-2/h4-10H,20H2,1-3H3. The fraction of sp³-hybridized carbons (Fsp3) is 0.167. The Balaban J connectivity index is 2.27. The van der Waals surface area contributed by atoms with Gasteiger partial charge < -0.3 is 15.2 Å². The Morgan fingerprint density at radius 1 is 1.08 bits per heavy atom. The molecule has 0 bridgehead atoms. The summed E-state index contributed by atoms with van der Waals surface area (Å²) in [4.78, 5) is 4.56. The van der Waals surface area contributed by atoms with Gasteiger partial charge in [-0.15, -0.1) is 0 Å². The minimum absolute atomic E-state index is 0.280. The van der Waals surface area contributed by atoms with Gasteiger partial charge in [0.1, 0.15) is 23.1 Å². The highest BCUT2D eigenvalue weighted by Crippen LogP contribution is 2.35. The van der Waals surface area contributed by atoms with Crippen LogP contribution in [0.25, 0.3) is 17.1 Å². The van der Waals surface area contributed by atoms with Crippen molar-refractivity contribution in [2.24, 2.45) is 0 Å². The van der Waals surface area contributed by atoms with E-state index in [0.717, 1.165) is 11.3 Å². The summed E-state index contributed by atoms with van der Waals surface area (Å²) in [5, 5.41) is 0. The maximum atomic E-state index is 14.0. The van der Waals surface area contributed by atoms with Gasteiger partial charge in [0.25, 0.3) is 0 Å². The number of anilines is 1. The SMILES string of the molecule is COc1ccccc1-c1nc(C)cn1-c1cc(F)cc(OC)c1N. The molecular weight excluding hydrogens is 309 g/mol. The zero-order chi connectivity index (χ0) is 17.3. The molecule has 3 rings (SSSR count). The van der Waals surface area contributed by atoms with Gasteiger partial charge in [-0.1, -0.05) is 12.1 Å². The summed E-state index contributed by atoms with van der Waals surface area (Å²) in [5.41, 5.74) is 8.52. The number of ether oxygens (including phenoxy) is 2. The highest BCUT2D eigenvalue weighted by Gasteiger charge is 2.18. The number of nitrogen functional groups attached to an aromatic ring is 1. The van der Waals surface area contributed by atoms with Crippen LogP contribution < -0.4 is 15.2 Å². The molecule has 5 nitrogen and oxygen atoms in total. The van der Waals surface area contributed by atoms with Gasteiger partial charge in [0.15, 0.2) is 0 Å². The Morgan fingerprint density at radius 2 is 1.79 bits per heavy atom. The minimum atomic E-state index is -0.437. The van der Waals surface area contributed by atoms with Gasteiger partial charge in [0.2, 0.25) is 0 Å². The van der Waals surface area contributed by atoms with Gasteiger partial charge in [-0.05, 0) is 19.1 Å². The number of aromatic nitrogens is 2. The van der Waals surface area contributed by atoms with Crippen molar-refractivity contribution < 1.29 is 13.9 Å². The third kappa shape index (κ3) is 2.67. The Labute approximate surface area is 139 Å². The molecule has 2 N–H and O–H groups in total. The van der Waals surface area contributed by atoms with E-state index in [1.165, 1.54) is 19.2 Å². The van der Waals surface area contributed by atoms with Crippen molar-refractivity contribution in [3.63, 3.8) is 0 Å². The highest BCUT2D eigenvalue weighted by molar-refractivity contribution is 5.72. The van der Waals surface area contributed by atoms with Crippen LogP contribution in [-0.2, 0) is 0 Å². The number of aryl methyl sites for hydroxylation is 1. The van der Waals surface area contributed by atoms with Crippen molar-refractivity contribution in [3.8, 4) is 28.6 Å². The molecule has 0 atom stereocenters. The summed E-state index contributed by atoms with van der Waals surface area (Å²) in [6.45, 7) is 1.86. The number of rotatable bonds is 4. The monoisotopic (exact) mass is 327 g/mol. The number of imidazole rings is 1. The van der Waals surface area contributed by atoms with E-state index < -0.39 is 5.82 Å². The molecule has 1 heterocycles. The average molecular weight is 327 g/mol. The predicted octanol–water partition coefficient (Wildman–Crippen LogP) is 3.59. The molecule has 0 radical (unpaired) electrons. The summed E-state index contributed by atoms with van der Waals surface area (Å²) in [7, 11) is 3.05. The molecule has 0 aliphatic carbocycles. The van der Waals surface area contributed by atoms with Crippen LogP contribution in [0.15, 0.2) is 42.6 Å². The lowest BCUT2D eigenvalue weighted by Gasteiger charge is -2.15.